The van der Waals surface area contributed by atoms with Gasteiger partial charge in [-0.2, -0.15) is 0 Å². The predicted molar refractivity (Wildman–Crippen MR) is 110 cm³/mol. The SMILES string of the molecule is Cc1ccc(C(C)C)c(OCC(=O)N2CCNCC2c2cccnc2)c1.Cl. The monoisotopic (exact) mass is 389 g/mol. The second kappa shape index (κ2) is 9.72. The number of ether oxygens (including phenoxy) is 1. The number of hydrogen-bond donors (Lipinski definition) is 1. The lowest BCUT2D eigenvalue weighted by Gasteiger charge is -2.36. The number of pyridine rings is 1. The summed E-state index contributed by atoms with van der Waals surface area (Å²) in [6.45, 7) is 8.56. The molecular weight excluding hydrogens is 362 g/mol. The molecule has 146 valence electrons. The summed E-state index contributed by atoms with van der Waals surface area (Å²) < 4.78 is 5.95. The van der Waals surface area contributed by atoms with Gasteiger partial charge in [0.1, 0.15) is 5.75 Å². The van der Waals surface area contributed by atoms with Crippen LogP contribution in [-0.4, -0.2) is 42.0 Å². The summed E-state index contributed by atoms with van der Waals surface area (Å²) >= 11 is 0. The van der Waals surface area contributed by atoms with E-state index in [4.69, 9.17) is 4.74 Å². The number of benzene rings is 1. The molecule has 1 fully saturated rings. The van der Waals surface area contributed by atoms with Crippen LogP contribution < -0.4 is 10.1 Å². The van der Waals surface area contributed by atoms with Crippen molar-refractivity contribution in [2.45, 2.75) is 32.7 Å². The lowest BCUT2D eigenvalue weighted by Crippen LogP contribution is -2.50. The number of halogens is 1. The van der Waals surface area contributed by atoms with Crippen molar-refractivity contribution < 1.29 is 9.53 Å². The van der Waals surface area contributed by atoms with Crippen LogP contribution in [0.15, 0.2) is 42.7 Å². The van der Waals surface area contributed by atoms with Crippen LogP contribution >= 0.6 is 12.4 Å². The molecular formula is C21H28ClN3O2. The van der Waals surface area contributed by atoms with Gasteiger partial charge in [-0.25, -0.2) is 0 Å². The summed E-state index contributed by atoms with van der Waals surface area (Å²) in [6, 6.07) is 10.1. The zero-order valence-electron chi connectivity index (χ0n) is 16.1. The van der Waals surface area contributed by atoms with Gasteiger partial charge < -0.3 is 15.0 Å². The van der Waals surface area contributed by atoms with Crippen molar-refractivity contribution in [1.82, 2.24) is 15.2 Å². The molecule has 0 bridgehead atoms. The van der Waals surface area contributed by atoms with Gasteiger partial charge in [-0.1, -0.05) is 32.0 Å². The highest BCUT2D eigenvalue weighted by atomic mass is 35.5. The zero-order chi connectivity index (χ0) is 18.5. The molecule has 0 saturated carbocycles. The van der Waals surface area contributed by atoms with E-state index in [1.165, 1.54) is 0 Å². The highest BCUT2D eigenvalue weighted by molar-refractivity contribution is 5.85. The number of aryl methyl sites for hydroxylation is 1. The van der Waals surface area contributed by atoms with E-state index in [9.17, 15) is 4.79 Å². The largest absolute Gasteiger partial charge is 0.483 e. The van der Waals surface area contributed by atoms with E-state index in [1.54, 1.807) is 6.20 Å². The van der Waals surface area contributed by atoms with Gasteiger partial charge in [-0.3, -0.25) is 9.78 Å². The Morgan fingerprint density at radius 3 is 2.89 bits per heavy atom. The lowest BCUT2D eigenvalue weighted by atomic mass is 10.0. The summed E-state index contributed by atoms with van der Waals surface area (Å²) in [5.74, 6) is 1.17. The number of hydrogen-bond acceptors (Lipinski definition) is 4. The predicted octanol–water partition coefficient (Wildman–Crippen LogP) is 3.49. The fourth-order valence-electron chi connectivity index (χ4n) is 3.34. The minimum atomic E-state index is -0.00405. The summed E-state index contributed by atoms with van der Waals surface area (Å²) in [6.07, 6.45) is 3.58. The molecule has 6 heteroatoms. The molecule has 1 amide bonds. The summed E-state index contributed by atoms with van der Waals surface area (Å²) in [7, 11) is 0. The van der Waals surface area contributed by atoms with Gasteiger partial charge >= 0.3 is 0 Å². The van der Waals surface area contributed by atoms with Gasteiger partial charge in [0.2, 0.25) is 0 Å². The van der Waals surface area contributed by atoms with Crippen LogP contribution in [0.3, 0.4) is 0 Å². The van der Waals surface area contributed by atoms with Gasteiger partial charge in [-0.05, 0) is 41.7 Å². The topological polar surface area (TPSA) is 54.5 Å². The minimum absolute atomic E-state index is 0. The molecule has 1 aliphatic rings. The van der Waals surface area contributed by atoms with Crippen molar-refractivity contribution in [3.63, 3.8) is 0 Å². The molecule has 1 aromatic heterocycles. The number of nitrogens with one attached hydrogen (secondary N) is 1. The smallest absolute Gasteiger partial charge is 0.261 e. The molecule has 1 saturated heterocycles. The van der Waals surface area contributed by atoms with E-state index < -0.39 is 0 Å². The average molecular weight is 390 g/mol. The van der Waals surface area contributed by atoms with Crippen molar-refractivity contribution in [2.75, 3.05) is 26.2 Å². The molecule has 1 aliphatic heterocycles. The third-order valence-corrected chi connectivity index (χ3v) is 4.78. The summed E-state index contributed by atoms with van der Waals surface area (Å²) in [5, 5.41) is 3.36. The number of carbonyl (C=O) groups excluding carboxylic acids is 1. The molecule has 0 spiro atoms. The maximum Gasteiger partial charge on any atom is 0.261 e. The molecule has 1 N–H and O–H groups in total. The number of aromatic nitrogens is 1. The fraction of sp³-hybridized carbons (Fsp3) is 0.429. The van der Waals surface area contributed by atoms with Crippen LogP contribution in [0.25, 0.3) is 0 Å². The first-order chi connectivity index (χ1) is 12.6. The molecule has 1 atom stereocenters. The highest BCUT2D eigenvalue weighted by Gasteiger charge is 2.28. The lowest BCUT2D eigenvalue weighted by molar-refractivity contribution is -0.136. The Morgan fingerprint density at radius 1 is 1.37 bits per heavy atom. The van der Waals surface area contributed by atoms with Crippen LogP contribution in [0.4, 0.5) is 0 Å². The van der Waals surface area contributed by atoms with E-state index in [1.807, 2.05) is 36.2 Å². The maximum absolute atomic E-state index is 12.9. The Bertz CT molecular complexity index is 752. The van der Waals surface area contributed by atoms with Crippen molar-refractivity contribution in [3.05, 3.63) is 59.4 Å². The Balaban J connectivity index is 0.00000261. The van der Waals surface area contributed by atoms with E-state index >= 15 is 0 Å². The van der Waals surface area contributed by atoms with E-state index in [0.717, 1.165) is 35.5 Å². The Labute approximate surface area is 167 Å². The number of amides is 1. The van der Waals surface area contributed by atoms with Crippen molar-refractivity contribution >= 4 is 18.3 Å². The first-order valence-corrected chi connectivity index (χ1v) is 9.19. The first kappa shape index (κ1) is 21.2. The zero-order valence-corrected chi connectivity index (χ0v) is 17.0. The number of nitrogens with zero attached hydrogens (tertiary/aromatic N) is 2. The van der Waals surface area contributed by atoms with Crippen molar-refractivity contribution in [1.29, 1.82) is 0 Å². The standard InChI is InChI=1S/C21H27N3O2.ClH/c1-15(2)18-7-6-16(3)11-20(18)26-14-21(25)24-10-9-23-13-19(24)17-5-4-8-22-12-17;/h4-8,11-12,15,19,23H,9-10,13-14H2,1-3H3;1H. The minimum Gasteiger partial charge on any atom is -0.483 e. The number of piperazine rings is 1. The first-order valence-electron chi connectivity index (χ1n) is 9.19. The quantitative estimate of drug-likeness (QED) is 0.850. The Kier molecular flexibility index (Phi) is 7.63. The van der Waals surface area contributed by atoms with Crippen LogP contribution in [0.2, 0.25) is 0 Å². The van der Waals surface area contributed by atoms with Crippen molar-refractivity contribution in [3.8, 4) is 5.75 Å². The molecule has 0 radical (unpaired) electrons. The number of rotatable bonds is 5. The highest BCUT2D eigenvalue weighted by Crippen LogP contribution is 2.28. The van der Waals surface area contributed by atoms with E-state index in [2.05, 4.69) is 36.3 Å². The maximum atomic E-state index is 12.9. The summed E-state index contributed by atoms with van der Waals surface area (Å²) in [4.78, 5) is 19.0. The van der Waals surface area contributed by atoms with E-state index in [0.29, 0.717) is 12.5 Å². The Morgan fingerprint density at radius 2 is 2.19 bits per heavy atom. The third-order valence-electron chi connectivity index (χ3n) is 4.78. The summed E-state index contributed by atoms with van der Waals surface area (Å²) in [5.41, 5.74) is 3.31. The Hall–Kier alpha value is -2.11. The molecule has 27 heavy (non-hydrogen) atoms. The van der Waals surface area contributed by atoms with E-state index in [-0.39, 0.29) is 31.0 Å². The van der Waals surface area contributed by atoms with Crippen molar-refractivity contribution in [2.24, 2.45) is 0 Å². The normalized spacial score (nSPS) is 16.7. The van der Waals surface area contributed by atoms with Crippen LogP contribution in [-0.2, 0) is 4.79 Å². The molecule has 0 aliphatic carbocycles. The molecule has 1 unspecified atom stereocenters. The fourth-order valence-corrected chi connectivity index (χ4v) is 3.34. The molecule has 2 aromatic rings. The van der Waals surface area contributed by atoms with Gasteiger partial charge in [-0.15, -0.1) is 12.4 Å². The average Bonchev–Trinajstić information content (AvgIpc) is 2.66. The van der Waals surface area contributed by atoms with Gasteiger partial charge in [0.05, 0.1) is 6.04 Å². The van der Waals surface area contributed by atoms with Crippen LogP contribution in [0.5, 0.6) is 5.75 Å². The van der Waals surface area contributed by atoms with Crippen LogP contribution in [0.1, 0.15) is 42.5 Å². The van der Waals surface area contributed by atoms with Gasteiger partial charge in [0, 0.05) is 32.0 Å². The molecule has 5 nitrogen and oxygen atoms in total. The molecule has 1 aromatic carbocycles. The molecule has 2 heterocycles. The van der Waals surface area contributed by atoms with Gasteiger partial charge in [0.15, 0.2) is 6.61 Å². The van der Waals surface area contributed by atoms with Crippen LogP contribution in [0, 0.1) is 6.92 Å². The second-order valence-electron chi connectivity index (χ2n) is 7.08. The molecule has 3 rings (SSSR count). The third kappa shape index (κ3) is 5.21. The second-order valence-corrected chi connectivity index (χ2v) is 7.08. The van der Waals surface area contributed by atoms with Gasteiger partial charge in [0.25, 0.3) is 5.91 Å². The number of carbonyl (C=O) groups is 1.